The van der Waals surface area contributed by atoms with Gasteiger partial charge in [0.05, 0.1) is 3.79 Å². The molecule has 0 aliphatic heterocycles. The van der Waals surface area contributed by atoms with Gasteiger partial charge in [-0.3, -0.25) is 0 Å². The molecule has 0 aliphatic rings. The maximum atomic E-state index is 11.3. The second-order valence-electron chi connectivity index (χ2n) is 2.81. The molecule has 1 N–H and O–H groups in total. The lowest BCUT2D eigenvalue weighted by molar-refractivity contribution is 0.505. The Morgan fingerprint density at radius 3 is 2.57 bits per heavy atom. The first-order valence-corrected chi connectivity index (χ1v) is 6.88. The second-order valence-corrected chi connectivity index (χ2v) is 7.33. The highest BCUT2D eigenvalue weighted by atomic mass is 79.9. The van der Waals surface area contributed by atoms with Crippen LogP contribution in [-0.2, 0) is 16.8 Å². The molecule has 0 fully saturated rings. The molecule has 14 heavy (non-hydrogen) atoms. The lowest BCUT2D eigenvalue weighted by atomic mass is 10.5. The summed E-state index contributed by atoms with van der Waals surface area (Å²) in [7, 11) is -0.327. The van der Waals surface area contributed by atoms with E-state index in [9.17, 15) is 8.42 Å². The fourth-order valence-electron chi connectivity index (χ4n) is 0.738. The SMILES string of the molecule is CN(C)S(=O)(=O)NCc1ccc(Br)s1. The zero-order valence-electron chi connectivity index (χ0n) is 7.82. The van der Waals surface area contributed by atoms with Crippen molar-refractivity contribution in [2.45, 2.75) is 6.54 Å². The van der Waals surface area contributed by atoms with Crippen molar-refractivity contribution in [3.8, 4) is 0 Å². The van der Waals surface area contributed by atoms with Gasteiger partial charge in [0, 0.05) is 25.5 Å². The molecule has 1 rings (SSSR count). The van der Waals surface area contributed by atoms with Gasteiger partial charge >= 0.3 is 0 Å². The van der Waals surface area contributed by atoms with Crippen molar-refractivity contribution in [2.24, 2.45) is 0 Å². The zero-order valence-corrected chi connectivity index (χ0v) is 11.0. The number of halogens is 1. The van der Waals surface area contributed by atoms with Gasteiger partial charge in [-0.15, -0.1) is 11.3 Å². The predicted octanol–water partition coefficient (Wildman–Crippen LogP) is 1.41. The zero-order chi connectivity index (χ0) is 10.8. The van der Waals surface area contributed by atoms with Crippen molar-refractivity contribution >= 4 is 37.5 Å². The number of hydrogen-bond donors (Lipinski definition) is 1. The first-order valence-electron chi connectivity index (χ1n) is 3.83. The number of thiophene rings is 1. The molecule has 0 aromatic carbocycles. The Morgan fingerprint density at radius 2 is 2.14 bits per heavy atom. The lowest BCUT2D eigenvalue weighted by Gasteiger charge is -2.11. The van der Waals surface area contributed by atoms with Crippen molar-refractivity contribution in [2.75, 3.05) is 14.1 Å². The molecule has 0 unspecified atom stereocenters. The van der Waals surface area contributed by atoms with Crippen molar-refractivity contribution in [1.29, 1.82) is 0 Å². The van der Waals surface area contributed by atoms with Gasteiger partial charge < -0.3 is 0 Å². The monoisotopic (exact) mass is 298 g/mol. The summed E-state index contributed by atoms with van der Waals surface area (Å²) in [6.07, 6.45) is 0. The molecule has 0 aliphatic carbocycles. The summed E-state index contributed by atoms with van der Waals surface area (Å²) < 4.78 is 27.3. The van der Waals surface area contributed by atoms with E-state index in [1.54, 1.807) is 0 Å². The average Bonchev–Trinajstić information content (AvgIpc) is 2.48. The molecule has 0 atom stereocenters. The molecular formula is C7H11BrN2O2S2. The Kier molecular flexibility index (Phi) is 4.08. The average molecular weight is 299 g/mol. The van der Waals surface area contributed by atoms with Crippen LogP contribution in [0, 0.1) is 0 Å². The highest BCUT2D eigenvalue weighted by molar-refractivity contribution is 9.11. The smallest absolute Gasteiger partial charge is 0.197 e. The maximum absolute atomic E-state index is 11.3. The molecule has 0 amide bonds. The van der Waals surface area contributed by atoms with E-state index in [2.05, 4.69) is 20.7 Å². The van der Waals surface area contributed by atoms with Gasteiger partial charge in [0.2, 0.25) is 0 Å². The minimum Gasteiger partial charge on any atom is -0.197 e. The van der Waals surface area contributed by atoms with Crippen molar-refractivity contribution in [3.63, 3.8) is 0 Å². The number of rotatable bonds is 4. The Hall–Kier alpha value is 0.0500. The van der Waals surface area contributed by atoms with Gasteiger partial charge in [-0.1, -0.05) is 0 Å². The minimum atomic E-state index is -3.31. The molecule has 1 aromatic heterocycles. The number of hydrogen-bond acceptors (Lipinski definition) is 3. The van der Waals surface area contributed by atoms with Gasteiger partial charge in [0.25, 0.3) is 10.2 Å². The third kappa shape index (κ3) is 3.32. The molecule has 1 aromatic rings. The van der Waals surface area contributed by atoms with Gasteiger partial charge in [-0.2, -0.15) is 17.4 Å². The molecule has 1 heterocycles. The van der Waals surface area contributed by atoms with Crippen molar-refractivity contribution in [1.82, 2.24) is 9.03 Å². The Labute approximate surface area is 96.2 Å². The van der Waals surface area contributed by atoms with E-state index in [0.717, 1.165) is 13.0 Å². The highest BCUT2D eigenvalue weighted by Crippen LogP contribution is 2.21. The van der Waals surface area contributed by atoms with Crippen molar-refractivity contribution in [3.05, 3.63) is 20.8 Å². The summed E-state index contributed by atoms with van der Waals surface area (Å²) in [5.41, 5.74) is 0. The third-order valence-electron chi connectivity index (χ3n) is 1.54. The Bertz CT molecular complexity index is 400. The maximum Gasteiger partial charge on any atom is 0.279 e. The van der Waals surface area contributed by atoms with Gasteiger partial charge in [-0.25, -0.2) is 0 Å². The van der Waals surface area contributed by atoms with E-state index >= 15 is 0 Å². The molecule has 0 radical (unpaired) electrons. The molecule has 0 saturated carbocycles. The molecular weight excluding hydrogens is 288 g/mol. The summed E-state index contributed by atoms with van der Waals surface area (Å²) >= 11 is 4.82. The summed E-state index contributed by atoms with van der Waals surface area (Å²) in [6, 6.07) is 3.77. The van der Waals surface area contributed by atoms with Crippen LogP contribution in [0.15, 0.2) is 15.9 Å². The summed E-state index contributed by atoms with van der Waals surface area (Å²) in [6.45, 7) is 0.330. The molecule has 7 heteroatoms. The van der Waals surface area contributed by atoms with Crippen molar-refractivity contribution < 1.29 is 8.42 Å². The standard InChI is InChI=1S/C7H11BrN2O2S2/c1-10(2)14(11,12)9-5-6-3-4-7(8)13-6/h3-4,9H,5H2,1-2H3. The summed E-state index contributed by atoms with van der Waals surface area (Å²) in [4.78, 5) is 0.974. The summed E-state index contributed by atoms with van der Waals surface area (Å²) in [5, 5.41) is 0. The molecule has 0 saturated heterocycles. The number of nitrogens with one attached hydrogen (secondary N) is 1. The first-order chi connectivity index (χ1) is 6.42. The fraction of sp³-hybridized carbons (Fsp3) is 0.429. The van der Waals surface area contributed by atoms with E-state index in [-0.39, 0.29) is 0 Å². The molecule has 4 nitrogen and oxygen atoms in total. The summed E-state index contributed by atoms with van der Waals surface area (Å²) in [5.74, 6) is 0. The minimum absolute atomic E-state index is 0.330. The Morgan fingerprint density at radius 1 is 1.50 bits per heavy atom. The molecule has 0 spiro atoms. The topological polar surface area (TPSA) is 49.4 Å². The van der Waals surface area contributed by atoms with E-state index in [0.29, 0.717) is 6.54 Å². The number of nitrogens with zero attached hydrogens (tertiary/aromatic N) is 1. The third-order valence-corrected chi connectivity index (χ3v) is 4.63. The van der Waals surface area contributed by atoms with Crippen LogP contribution in [0.5, 0.6) is 0 Å². The molecule has 80 valence electrons. The van der Waals surface area contributed by atoms with Crippen LogP contribution < -0.4 is 4.72 Å². The van der Waals surface area contributed by atoms with Crippen LogP contribution in [0.1, 0.15) is 4.88 Å². The van der Waals surface area contributed by atoms with Gasteiger partial charge in [0.15, 0.2) is 0 Å². The van der Waals surface area contributed by atoms with E-state index in [1.165, 1.54) is 25.4 Å². The fourth-order valence-corrected chi connectivity index (χ4v) is 2.85. The largest absolute Gasteiger partial charge is 0.279 e. The second kappa shape index (κ2) is 4.71. The van der Waals surface area contributed by atoms with Crippen LogP contribution in [0.25, 0.3) is 0 Å². The van der Waals surface area contributed by atoms with Crippen LogP contribution in [0.4, 0.5) is 0 Å². The van der Waals surface area contributed by atoms with Crippen LogP contribution >= 0.6 is 27.3 Å². The van der Waals surface area contributed by atoms with Crippen LogP contribution in [-0.4, -0.2) is 26.8 Å². The lowest BCUT2D eigenvalue weighted by Crippen LogP contribution is -2.34. The van der Waals surface area contributed by atoms with Gasteiger partial charge in [-0.05, 0) is 28.1 Å². The highest BCUT2D eigenvalue weighted by Gasteiger charge is 2.12. The normalized spacial score (nSPS) is 12.3. The van der Waals surface area contributed by atoms with Gasteiger partial charge in [0.1, 0.15) is 0 Å². The molecule has 0 bridgehead atoms. The quantitative estimate of drug-likeness (QED) is 0.914. The van der Waals surface area contributed by atoms with E-state index < -0.39 is 10.2 Å². The van der Waals surface area contributed by atoms with Crippen LogP contribution in [0.3, 0.4) is 0 Å². The predicted molar refractivity (Wildman–Crippen MR) is 61.5 cm³/mol. The van der Waals surface area contributed by atoms with E-state index in [4.69, 9.17) is 0 Å². The Balaban J connectivity index is 2.57. The first kappa shape index (κ1) is 12.1. The van der Waals surface area contributed by atoms with Crippen LogP contribution in [0.2, 0.25) is 0 Å². The van der Waals surface area contributed by atoms with E-state index in [1.807, 2.05) is 12.1 Å².